The zero-order valence-electron chi connectivity index (χ0n) is 11.3. The Balaban J connectivity index is 2.50. The lowest BCUT2D eigenvalue weighted by molar-refractivity contribution is 0.103. The highest BCUT2D eigenvalue weighted by Crippen LogP contribution is 2.27. The molecule has 5 heteroatoms. The van der Waals surface area contributed by atoms with Crippen LogP contribution in [-0.2, 0) is 7.05 Å². The van der Waals surface area contributed by atoms with Gasteiger partial charge >= 0.3 is 0 Å². The van der Waals surface area contributed by atoms with Crippen molar-refractivity contribution in [1.82, 2.24) is 9.78 Å². The van der Waals surface area contributed by atoms with Gasteiger partial charge in [-0.2, -0.15) is 5.10 Å². The minimum Gasteiger partial charge on any atom is -0.495 e. The summed E-state index contributed by atoms with van der Waals surface area (Å²) in [5, 5.41) is 4.74. The molecule has 1 aromatic carbocycles. The lowest BCUT2D eigenvalue weighted by atomic mass is 10.0. The van der Waals surface area contributed by atoms with E-state index in [1.165, 1.54) is 7.11 Å². The van der Waals surface area contributed by atoms with Crippen molar-refractivity contribution >= 4 is 17.4 Å². The predicted octanol–water partition coefficient (Wildman–Crippen LogP) is 2.93. The Morgan fingerprint density at radius 2 is 2.05 bits per heavy atom. The molecule has 19 heavy (non-hydrogen) atoms. The second-order valence-corrected chi connectivity index (χ2v) is 4.76. The van der Waals surface area contributed by atoms with Crippen LogP contribution in [-0.4, -0.2) is 22.7 Å². The maximum Gasteiger partial charge on any atom is 0.196 e. The summed E-state index contributed by atoms with van der Waals surface area (Å²) < 4.78 is 6.84. The monoisotopic (exact) mass is 278 g/mol. The summed E-state index contributed by atoms with van der Waals surface area (Å²) in [6.45, 7) is 3.70. The van der Waals surface area contributed by atoms with Crippen molar-refractivity contribution in [2.24, 2.45) is 7.05 Å². The van der Waals surface area contributed by atoms with Crippen LogP contribution in [0.1, 0.15) is 27.3 Å². The number of methoxy groups -OCH3 is 1. The van der Waals surface area contributed by atoms with Gasteiger partial charge in [0.15, 0.2) is 5.78 Å². The minimum absolute atomic E-state index is 0.0712. The topological polar surface area (TPSA) is 44.1 Å². The molecule has 0 aliphatic rings. The van der Waals surface area contributed by atoms with E-state index in [0.29, 0.717) is 21.9 Å². The number of hydrogen-bond acceptors (Lipinski definition) is 3. The van der Waals surface area contributed by atoms with Gasteiger partial charge in [0.05, 0.1) is 23.4 Å². The molecule has 0 N–H and O–H groups in total. The molecule has 1 aromatic heterocycles. The van der Waals surface area contributed by atoms with E-state index in [1.807, 2.05) is 20.9 Å². The number of ketones is 1. The fourth-order valence-electron chi connectivity index (χ4n) is 2.05. The van der Waals surface area contributed by atoms with Gasteiger partial charge in [0.1, 0.15) is 5.75 Å². The molecule has 0 unspecified atom stereocenters. The van der Waals surface area contributed by atoms with Gasteiger partial charge in [0.25, 0.3) is 0 Å². The number of hydrogen-bond donors (Lipinski definition) is 0. The van der Waals surface area contributed by atoms with E-state index in [4.69, 9.17) is 16.3 Å². The van der Waals surface area contributed by atoms with E-state index in [1.54, 1.807) is 22.9 Å². The Hall–Kier alpha value is -1.81. The van der Waals surface area contributed by atoms with Gasteiger partial charge < -0.3 is 4.74 Å². The zero-order valence-corrected chi connectivity index (χ0v) is 12.1. The molecule has 0 atom stereocenters. The van der Waals surface area contributed by atoms with Crippen LogP contribution in [0, 0.1) is 13.8 Å². The number of nitrogens with zero attached hydrogens (tertiary/aromatic N) is 2. The molecule has 0 saturated heterocycles. The molecule has 1 heterocycles. The molecule has 2 aromatic rings. The lowest BCUT2D eigenvalue weighted by Crippen LogP contribution is -2.05. The first kappa shape index (κ1) is 13.6. The largest absolute Gasteiger partial charge is 0.495 e. The number of carbonyl (C=O) groups excluding carboxylic acids is 1. The first-order chi connectivity index (χ1) is 8.95. The number of rotatable bonds is 3. The summed E-state index contributed by atoms with van der Waals surface area (Å²) in [4.78, 5) is 12.5. The van der Waals surface area contributed by atoms with Crippen molar-refractivity contribution in [1.29, 1.82) is 0 Å². The SMILES string of the molecule is COc1cc(C(=O)c2c(C)nn(C)c2C)ccc1Cl. The van der Waals surface area contributed by atoms with Gasteiger partial charge in [-0.1, -0.05) is 11.6 Å². The van der Waals surface area contributed by atoms with Gasteiger partial charge in [-0.25, -0.2) is 0 Å². The van der Waals surface area contributed by atoms with Crippen molar-refractivity contribution in [2.45, 2.75) is 13.8 Å². The van der Waals surface area contributed by atoms with Crippen molar-refractivity contribution in [3.63, 3.8) is 0 Å². The van der Waals surface area contributed by atoms with E-state index < -0.39 is 0 Å². The lowest BCUT2D eigenvalue weighted by Gasteiger charge is -2.06. The molecular weight excluding hydrogens is 264 g/mol. The van der Waals surface area contributed by atoms with E-state index in [9.17, 15) is 4.79 Å². The maximum absolute atomic E-state index is 12.5. The van der Waals surface area contributed by atoms with Crippen LogP contribution < -0.4 is 4.74 Å². The molecule has 0 spiro atoms. The van der Waals surface area contributed by atoms with Crippen LogP contribution in [0.3, 0.4) is 0 Å². The van der Waals surface area contributed by atoms with Gasteiger partial charge in [-0.15, -0.1) is 0 Å². The summed E-state index contributed by atoms with van der Waals surface area (Å²) in [5.41, 5.74) is 2.74. The Morgan fingerprint density at radius 3 is 2.58 bits per heavy atom. The molecule has 0 aliphatic carbocycles. The van der Waals surface area contributed by atoms with Gasteiger partial charge in [0.2, 0.25) is 0 Å². The highest BCUT2D eigenvalue weighted by molar-refractivity contribution is 6.32. The van der Waals surface area contributed by atoms with Crippen LogP contribution in [0.4, 0.5) is 0 Å². The molecule has 100 valence electrons. The van der Waals surface area contributed by atoms with E-state index in [0.717, 1.165) is 11.4 Å². The zero-order chi connectivity index (χ0) is 14.2. The number of aromatic nitrogens is 2. The third kappa shape index (κ3) is 2.36. The van der Waals surface area contributed by atoms with Gasteiger partial charge in [-0.3, -0.25) is 9.48 Å². The second kappa shape index (κ2) is 5.05. The van der Waals surface area contributed by atoms with Crippen LogP contribution >= 0.6 is 11.6 Å². The summed E-state index contributed by atoms with van der Waals surface area (Å²) in [7, 11) is 3.34. The fraction of sp³-hybridized carbons (Fsp3) is 0.286. The minimum atomic E-state index is -0.0712. The summed E-state index contributed by atoms with van der Waals surface area (Å²) in [6, 6.07) is 5.00. The quantitative estimate of drug-likeness (QED) is 0.811. The van der Waals surface area contributed by atoms with E-state index in [-0.39, 0.29) is 5.78 Å². The summed E-state index contributed by atoms with van der Waals surface area (Å²) in [6.07, 6.45) is 0. The first-order valence-electron chi connectivity index (χ1n) is 5.84. The van der Waals surface area contributed by atoms with Crippen LogP contribution in [0.15, 0.2) is 18.2 Å². The van der Waals surface area contributed by atoms with Gasteiger partial charge in [0, 0.05) is 18.3 Å². The normalized spacial score (nSPS) is 10.6. The Labute approximate surface area is 116 Å². The first-order valence-corrected chi connectivity index (χ1v) is 6.22. The molecule has 4 nitrogen and oxygen atoms in total. The molecule has 0 amide bonds. The molecule has 0 bridgehead atoms. The van der Waals surface area contributed by atoms with E-state index in [2.05, 4.69) is 5.10 Å². The summed E-state index contributed by atoms with van der Waals surface area (Å²) >= 11 is 5.96. The van der Waals surface area contributed by atoms with Crippen molar-refractivity contribution < 1.29 is 9.53 Å². The Kier molecular flexibility index (Phi) is 3.62. The third-order valence-electron chi connectivity index (χ3n) is 3.15. The standard InChI is InChI=1S/C14H15ClN2O2/c1-8-13(9(2)17(3)16-8)14(18)10-5-6-11(15)12(7-10)19-4/h5-7H,1-4H3. The fourth-order valence-corrected chi connectivity index (χ4v) is 2.24. The average Bonchev–Trinajstić information content (AvgIpc) is 2.63. The predicted molar refractivity (Wildman–Crippen MR) is 74.1 cm³/mol. The molecule has 0 fully saturated rings. The van der Waals surface area contributed by atoms with Crippen LogP contribution in [0.25, 0.3) is 0 Å². The third-order valence-corrected chi connectivity index (χ3v) is 3.46. The molecule has 0 aliphatic heterocycles. The smallest absolute Gasteiger partial charge is 0.196 e. The molecular formula is C14H15ClN2O2. The summed E-state index contributed by atoms with van der Waals surface area (Å²) in [5.74, 6) is 0.421. The number of benzene rings is 1. The van der Waals surface area contributed by atoms with Crippen molar-refractivity contribution in [2.75, 3.05) is 7.11 Å². The highest BCUT2D eigenvalue weighted by atomic mass is 35.5. The van der Waals surface area contributed by atoms with Crippen LogP contribution in [0.5, 0.6) is 5.75 Å². The van der Waals surface area contributed by atoms with E-state index >= 15 is 0 Å². The number of aryl methyl sites for hydroxylation is 2. The van der Waals surface area contributed by atoms with Crippen molar-refractivity contribution in [3.05, 3.63) is 45.7 Å². The molecule has 0 saturated carbocycles. The molecule has 2 rings (SSSR count). The number of carbonyl (C=O) groups is 1. The van der Waals surface area contributed by atoms with Gasteiger partial charge in [-0.05, 0) is 32.0 Å². The van der Waals surface area contributed by atoms with Crippen LogP contribution in [0.2, 0.25) is 5.02 Å². The average molecular weight is 279 g/mol. The van der Waals surface area contributed by atoms with Crippen molar-refractivity contribution in [3.8, 4) is 5.75 Å². The Morgan fingerprint density at radius 1 is 1.37 bits per heavy atom. The number of halogens is 1. The highest BCUT2D eigenvalue weighted by Gasteiger charge is 2.19. The molecule has 0 radical (unpaired) electrons. The second-order valence-electron chi connectivity index (χ2n) is 4.35. The Bertz CT molecular complexity index is 647. The maximum atomic E-state index is 12.5. The number of ether oxygens (including phenoxy) is 1.